The van der Waals surface area contributed by atoms with Gasteiger partial charge in [-0.25, -0.2) is 0 Å². The van der Waals surface area contributed by atoms with Crippen molar-refractivity contribution in [3.8, 4) is 0 Å². The van der Waals surface area contributed by atoms with Gasteiger partial charge in [-0.3, -0.25) is 0 Å². The van der Waals surface area contributed by atoms with Crippen LogP contribution in [0.25, 0.3) is 0 Å². The molecule has 0 aliphatic heterocycles. The summed E-state index contributed by atoms with van der Waals surface area (Å²) in [5.74, 6) is 1.50. The van der Waals surface area contributed by atoms with Crippen LogP contribution in [-0.4, -0.2) is 20.2 Å². The van der Waals surface area contributed by atoms with Crippen LogP contribution in [0.15, 0.2) is 0 Å². The Kier molecular flexibility index (Phi) is 2.29. The minimum absolute atomic E-state index is 0.0517. The maximum absolute atomic E-state index is 4.46. The third-order valence-electron chi connectivity index (χ3n) is 2.75. The Balaban J connectivity index is 2.17. The van der Waals surface area contributed by atoms with E-state index in [1.807, 2.05) is 0 Å². The summed E-state index contributed by atoms with van der Waals surface area (Å²) in [6.45, 7) is 6.27. The molecule has 1 aliphatic rings. The van der Waals surface area contributed by atoms with Crippen LogP contribution in [0, 0.1) is 0 Å². The Morgan fingerprint density at radius 1 is 1.21 bits per heavy atom. The molecule has 0 bridgehead atoms. The van der Waals surface area contributed by atoms with Gasteiger partial charge in [0.1, 0.15) is 0 Å². The molecule has 0 amide bonds. The normalized spacial score (nSPS) is 19.1. The number of tetrazole rings is 1. The molecule has 0 atom stereocenters. The quantitative estimate of drug-likeness (QED) is 0.687. The summed E-state index contributed by atoms with van der Waals surface area (Å²) in [5.41, 5.74) is -0.0517. The van der Waals surface area contributed by atoms with Crippen molar-refractivity contribution >= 4 is 0 Å². The van der Waals surface area contributed by atoms with E-state index in [2.05, 4.69) is 36.2 Å². The summed E-state index contributed by atoms with van der Waals surface area (Å²) < 4.78 is 0. The zero-order chi connectivity index (χ0) is 10.2. The predicted molar refractivity (Wildman–Crippen MR) is 54.0 cm³/mol. The van der Waals surface area contributed by atoms with Crippen molar-refractivity contribution in [2.75, 3.05) is 0 Å². The molecule has 2 rings (SSSR count). The van der Waals surface area contributed by atoms with Gasteiger partial charge in [0.25, 0.3) is 0 Å². The van der Waals surface area contributed by atoms with E-state index in [1.54, 1.807) is 4.80 Å². The van der Waals surface area contributed by atoms with Crippen LogP contribution in [-0.2, 0) is 5.54 Å². The molecule has 0 unspecified atom stereocenters. The molecule has 4 nitrogen and oxygen atoms in total. The first-order chi connectivity index (χ1) is 6.57. The highest BCUT2D eigenvalue weighted by atomic mass is 15.6. The second-order valence-corrected chi connectivity index (χ2v) is 5.09. The molecule has 0 spiro atoms. The van der Waals surface area contributed by atoms with Gasteiger partial charge in [0.05, 0.1) is 5.54 Å². The summed E-state index contributed by atoms with van der Waals surface area (Å²) in [4.78, 5) is 1.72. The number of rotatable bonds is 1. The van der Waals surface area contributed by atoms with E-state index < -0.39 is 0 Å². The van der Waals surface area contributed by atoms with Gasteiger partial charge < -0.3 is 0 Å². The second-order valence-electron chi connectivity index (χ2n) is 5.09. The standard InChI is InChI=1S/C10H18N4/c1-10(2,3)14-12-9(11-13-14)8-6-4-5-7-8/h8H,4-7H2,1-3H3. The van der Waals surface area contributed by atoms with Gasteiger partial charge in [0, 0.05) is 5.92 Å². The van der Waals surface area contributed by atoms with E-state index in [-0.39, 0.29) is 5.54 Å². The smallest absolute Gasteiger partial charge is 0.159 e. The van der Waals surface area contributed by atoms with Gasteiger partial charge in [-0.05, 0) is 38.8 Å². The molecule has 0 saturated heterocycles. The van der Waals surface area contributed by atoms with Gasteiger partial charge in [0.2, 0.25) is 0 Å². The topological polar surface area (TPSA) is 43.6 Å². The summed E-state index contributed by atoms with van der Waals surface area (Å²) in [6, 6.07) is 0. The van der Waals surface area contributed by atoms with Crippen molar-refractivity contribution in [1.82, 2.24) is 20.2 Å². The predicted octanol–water partition coefficient (Wildman–Crippen LogP) is 2.09. The highest BCUT2D eigenvalue weighted by Gasteiger charge is 2.24. The van der Waals surface area contributed by atoms with E-state index >= 15 is 0 Å². The van der Waals surface area contributed by atoms with Gasteiger partial charge in [-0.1, -0.05) is 12.8 Å². The van der Waals surface area contributed by atoms with Crippen LogP contribution < -0.4 is 0 Å². The van der Waals surface area contributed by atoms with Crippen LogP contribution in [0.4, 0.5) is 0 Å². The van der Waals surface area contributed by atoms with Crippen molar-refractivity contribution in [3.05, 3.63) is 5.82 Å². The molecule has 1 saturated carbocycles. The first-order valence-electron chi connectivity index (χ1n) is 5.38. The van der Waals surface area contributed by atoms with E-state index in [1.165, 1.54) is 25.7 Å². The minimum atomic E-state index is -0.0517. The van der Waals surface area contributed by atoms with Gasteiger partial charge in [-0.15, -0.1) is 10.2 Å². The van der Waals surface area contributed by atoms with Gasteiger partial charge in [0.15, 0.2) is 5.82 Å². The van der Waals surface area contributed by atoms with Crippen molar-refractivity contribution < 1.29 is 0 Å². The molecule has 1 fully saturated rings. The highest BCUT2D eigenvalue weighted by molar-refractivity contribution is 4.94. The lowest BCUT2D eigenvalue weighted by atomic mass is 10.1. The van der Waals surface area contributed by atoms with Crippen LogP contribution in [0.2, 0.25) is 0 Å². The maximum atomic E-state index is 4.46. The average molecular weight is 194 g/mol. The largest absolute Gasteiger partial charge is 0.177 e. The Morgan fingerprint density at radius 2 is 1.86 bits per heavy atom. The number of nitrogens with zero attached hydrogens (tertiary/aromatic N) is 4. The molecule has 1 heterocycles. The molecule has 0 aromatic carbocycles. The van der Waals surface area contributed by atoms with E-state index in [4.69, 9.17) is 0 Å². The van der Waals surface area contributed by atoms with Crippen LogP contribution in [0.5, 0.6) is 0 Å². The maximum Gasteiger partial charge on any atom is 0.177 e. The Bertz CT molecular complexity index is 304. The Morgan fingerprint density at radius 3 is 2.36 bits per heavy atom. The number of hydrogen-bond acceptors (Lipinski definition) is 3. The van der Waals surface area contributed by atoms with Crippen LogP contribution >= 0.6 is 0 Å². The van der Waals surface area contributed by atoms with Crippen molar-refractivity contribution in [3.63, 3.8) is 0 Å². The fourth-order valence-electron chi connectivity index (χ4n) is 1.86. The van der Waals surface area contributed by atoms with Crippen molar-refractivity contribution in [2.45, 2.75) is 57.9 Å². The SMILES string of the molecule is CC(C)(C)n1nnc(C2CCCC2)n1. The third-order valence-corrected chi connectivity index (χ3v) is 2.75. The first kappa shape index (κ1) is 9.62. The summed E-state index contributed by atoms with van der Waals surface area (Å²) in [7, 11) is 0. The fraction of sp³-hybridized carbons (Fsp3) is 0.900. The summed E-state index contributed by atoms with van der Waals surface area (Å²) in [5, 5.41) is 12.7. The molecule has 0 N–H and O–H groups in total. The lowest BCUT2D eigenvalue weighted by Crippen LogP contribution is -2.24. The molecule has 78 valence electrons. The molecular formula is C10H18N4. The van der Waals surface area contributed by atoms with Gasteiger partial charge in [-0.2, -0.15) is 4.80 Å². The number of hydrogen-bond donors (Lipinski definition) is 0. The molecule has 4 heteroatoms. The van der Waals surface area contributed by atoms with E-state index in [0.717, 1.165) is 5.82 Å². The van der Waals surface area contributed by atoms with E-state index in [0.29, 0.717) is 5.92 Å². The highest BCUT2D eigenvalue weighted by Crippen LogP contribution is 2.31. The molecule has 1 aromatic rings. The fourth-order valence-corrected chi connectivity index (χ4v) is 1.86. The van der Waals surface area contributed by atoms with Gasteiger partial charge >= 0.3 is 0 Å². The molecule has 1 aliphatic carbocycles. The van der Waals surface area contributed by atoms with E-state index in [9.17, 15) is 0 Å². The second kappa shape index (κ2) is 3.33. The summed E-state index contributed by atoms with van der Waals surface area (Å²) in [6.07, 6.45) is 5.09. The molecule has 0 radical (unpaired) electrons. The molecular weight excluding hydrogens is 176 g/mol. The van der Waals surface area contributed by atoms with Crippen LogP contribution in [0.1, 0.15) is 58.2 Å². The molecule has 14 heavy (non-hydrogen) atoms. The monoisotopic (exact) mass is 194 g/mol. The lowest BCUT2D eigenvalue weighted by Gasteiger charge is -2.15. The van der Waals surface area contributed by atoms with Crippen LogP contribution in [0.3, 0.4) is 0 Å². The third kappa shape index (κ3) is 1.79. The Hall–Kier alpha value is -0.930. The average Bonchev–Trinajstić information content (AvgIpc) is 2.73. The molecule has 1 aromatic heterocycles. The number of aromatic nitrogens is 4. The lowest BCUT2D eigenvalue weighted by molar-refractivity contribution is 0.304. The Labute approximate surface area is 84.7 Å². The minimum Gasteiger partial charge on any atom is -0.159 e. The van der Waals surface area contributed by atoms with Crippen molar-refractivity contribution in [1.29, 1.82) is 0 Å². The zero-order valence-electron chi connectivity index (χ0n) is 9.19. The first-order valence-corrected chi connectivity index (χ1v) is 5.38. The zero-order valence-corrected chi connectivity index (χ0v) is 9.19. The van der Waals surface area contributed by atoms with Crippen molar-refractivity contribution in [2.24, 2.45) is 0 Å². The summed E-state index contributed by atoms with van der Waals surface area (Å²) >= 11 is 0.